The molecule has 33 heavy (non-hydrogen) atoms. The molecule has 0 radical (unpaired) electrons. The monoisotopic (exact) mass is 497 g/mol. The van der Waals surface area contributed by atoms with Gasteiger partial charge in [-0.15, -0.1) is 0 Å². The van der Waals surface area contributed by atoms with Crippen LogP contribution in [0.2, 0.25) is 0 Å². The second-order valence-electron chi connectivity index (χ2n) is 7.80. The summed E-state index contributed by atoms with van der Waals surface area (Å²) in [6.07, 6.45) is 3.70. The molecule has 0 spiro atoms. The van der Waals surface area contributed by atoms with Crippen LogP contribution in [-0.2, 0) is 14.6 Å². The molecule has 1 fully saturated rings. The van der Waals surface area contributed by atoms with E-state index in [4.69, 9.17) is 24.0 Å². The number of hydrogen-bond donors (Lipinski definition) is 4. The fourth-order valence-electron chi connectivity index (χ4n) is 3.67. The van der Waals surface area contributed by atoms with Crippen LogP contribution < -0.4 is 10.1 Å². The van der Waals surface area contributed by atoms with E-state index in [0.29, 0.717) is 17.3 Å². The summed E-state index contributed by atoms with van der Waals surface area (Å²) in [5.74, 6) is 0.625. The molecule has 0 amide bonds. The van der Waals surface area contributed by atoms with Crippen molar-refractivity contribution in [2.45, 2.75) is 23.8 Å². The third-order valence-corrected chi connectivity index (χ3v) is 7.03. The first kappa shape index (κ1) is 25.2. The van der Waals surface area contributed by atoms with E-state index < -0.39 is 17.8 Å². The molecule has 0 aliphatic carbocycles. The number of rotatable bonds is 5. The number of hydrogen-bond acceptors (Lipinski definition) is 6. The Morgan fingerprint density at radius 2 is 1.73 bits per heavy atom. The fraction of sp³-hybridized carbons (Fsp3) is 0.333. The van der Waals surface area contributed by atoms with Crippen molar-refractivity contribution in [3.8, 4) is 5.75 Å². The number of nitrogens with zero attached hydrogens (tertiary/aromatic N) is 2. The number of benzene rings is 2. The van der Waals surface area contributed by atoms with Crippen LogP contribution in [0.25, 0.3) is 10.9 Å². The maximum atomic E-state index is 13.3. The van der Waals surface area contributed by atoms with Crippen molar-refractivity contribution in [1.82, 2.24) is 8.87 Å². The van der Waals surface area contributed by atoms with E-state index in [1.807, 2.05) is 18.2 Å². The number of methoxy groups -OCH3 is 1. The van der Waals surface area contributed by atoms with E-state index >= 15 is 0 Å². The van der Waals surface area contributed by atoms with E-state index in [1.165, 1.54) is 3.97 Å². The summed E-state index contributed by atoms with van der Waals surface area (Å²) in [5.41, 5.74) is 1.44. The number of nitrogens with one attached hydrogen (secondary N) is 1. The Hall–Kier alpha value is -2.40. The molecule has 10 nitrogen and oxygen atoms in total. The van der Waals surface area contributed by atoms with Gasteiger partial charge in [0, 0.05) is 29.4 Å². The molecule has 2 aromatic carbocycles. The van der Waals surface area contributed by atoms with Crippen LogP contribution >= 0.6 is 7.82 Å². The molecule has 4 rings (SSSR count). The number of likely N-dealkylation sites (tertiary alicyclic amines) is 1. The Morgan fingerprint density at radius 1 is 1.06 bits per heavy atom. The normalized spacial score (nSPS) is 15.7. The summed E-state index contributed by atoms with van der Waals surface area (Å²) in [4.78, 5) is 24.1. The van der Waals surface area contributed by atoms with Gasteiger partial charge in [-0.05, 0) is 69.4 Å². The highest BCUT2D eigenvalue weighted by atomic mass is 32.2. The molecule has 3 aromatic rings. The van der Waals surface area contributed by atoms with E-state index in [2.05, 4.69) is 17.3 Å². The third-order valence-electron chi connectivity index (χ3n) is 5.34. The van der Waals surface area contributed by atoms with Gasteiger partial charge in [-0.25, -0.2) is 17.0 Å². The highest BCUT2D eigenvalue weighted by Gasteiger charge is 2.21. The van der Waals surface area contributed by atoms with Crippen molar-refractivity contribution >= 4 is 34.4 Å². The molecular weight excluding hydrogens is 469 g/mol. The van der Waals surface area contributed by atoms with E-state index in [9.17, 15) is 8.42 Å². The number of phosphoric acid groups is 1. The summed E-state index contributed by atoms with van der Waals surface area (Å²) >= 11 is 0. The summed E-state index contributed by atoms with van der Waals surface area (Å²) in [5, 5.41) is 4.35. The average Bonchev–Trinajstić information content (AvgIpc) is 3.18. The Labute approximate surface area is 192 Å². The lowest BCUT2D eigenvalue weighted by Crippen LogP contribution is -2.36. The van der Waals surface area contributed by atoms with Gasteiger partial charge in [0.1, 0.15) is 5.75 Å². The van der Waals surface area contributed by atoms with Gasteiger partial charge < -0.3 is 29.6 Å². The maximum absolute atomic E-state index is 13.3. The van der Waals surface area contributed by atoms with Crippen molar-refractivity contribution in [1.29, 1.82) is 0 Å². The lowest BCUT2D eigenvalue weighted by atomic mass is 10.1. The van der Waals surface area contributed by atoms with Gasteiger partial charge in [-0.2, -0.15) is 0 Å². The summed E-state index contributed by atoms with van der Waals surface area (Å²) in [6, 6.07) is 14.7. The Kier molecular flexibility index (Phi) is 7.84. The molecule has 1 aliphatic heterocycles. The zero-order valence-electron chi connectivity index (χ0n) is 18.3. The third kappa shape index (κ3) is 6.80. The average molecular weight is 498 g/mol. The van der Waals surface area contributed by atoms with Crippen LogP contribution in [0, 0.1) is 0 Å². The topological polar surface area (TPSA) is 141 Å². The first-order chi connectivity index (χ1) is 15.5. The predicted molar refractivity (Wildman–Crippen MR) is 126 cm³/mol. The lowest BCUT2D eigenvalue weighted by Gasteiger charge is -2.30. The molecule has 0 bridgehead atoms. The minimum atomic E-state index is -4.64. The van der Waals surface area contributed by atoms with Gasteiger partial charge in [0.25, 0.3) is 10.0 Å². The molecule has 1 aromatic heterocycles. The predicted octanol–water partition coefficient (Wildman–Crippen LogP) is 2.46. The first-order valence-electron chi connectivity index (χ1n) is 10.2. The van der Waals surface area contributed by atoms with Crippen molar-refractivity contribution in [2.24, 2.45) is 0 Å². The molecule has 180 valence electrons. The van der Waals surface area contributed by atoms with Crippen LogP contribution in [-0.4, -0.2) is 65.3 Å². The van der Waals surface area contributed by atoms with Gasteiger partial charge in [0.15, 0.2) is 0 Å². The zero-order valence-corrected chi connectivity index (χ0v) is 20.0. The van der Waals surface area contributed by atoms with Crippen molar-refractivity contribution in [2.75, 3.05) is 32.6 Å². The largest absolute Gasteiger partial charge is 0.497 e. The highest BCUT2D eigenvalue weighted by Crippen LogP contribution is 2.27. The summed E-state index contributed by atoms with van der Waals surface area (Å²) in [6.45, 7) is 2.10. The minimum absolute atomic E-state index is 0.269. The SMILES string of the molecule is COc1ccc2ccn(S(=O)(=O)c3cccc(NC4CCN(C)CC4)c3)c2c1.O=P(O)(O)O. The highest BCUT2D eigenvalue weighted by molar-refractivity contribution is 7.90. The quantitative estimate of drug-likeness (QED) is 0.391. The van der Waals surface area contributed by atoms with E-state index in [-0.39, 0.29) is 4.90 Å². The molecule has 1 saturated heterocycles. The van der Waals surface area contributed by atoms with Gasteiger partial charge in [-0.1, -0.05) is 6.07 Å². The second-order valence-corrected chi connectivity index (χ2v) is 10.6. The zero-order chi connectivity index (χ0) is 24.2. The van der Waals surface area contributed by atoms with Gasteiger partial charge in [0.05, 0.1) is 17.5 Å². The molecule has 0 saturated carbocycles. The fourth-order valence-corrected chi connectivity index (χ4v) is 5.06. The molecule has 2 heterocycles. The smallest absolute Gasteiger partial charge is 0.466 e. The summed E-state index contributed by atoms with van der Waals surface area (Å²) in [7, 11) is -4.65. The standard InChI is InChI=1S/C21H25N3O3S.H3O4P/c1-23-11-9-17(10-12-23)22-18-4-3-5-20(14-18)28(25,26)24-13-8-16-6-7-19(27-2)15-21(16)24;1-5(2,3)4/h3-8,13-15,17,22H,9-12H2,1-2H3;(H3,1,2,3,4). The Morgan fingerprint density at radius 3 is 2.36 bits per heavy atom. The van der Waals surface area contributed by atoms with Crippen molar-refractivity contribution in [3.05, 3.63) is 54.7 Å². The van der Waals surface area contributed by atoms with Crippen LogP contribution in [0.3, 0.4) is 0 Å². The number of piperidine rings is 1. The molecule has 12 heteroatoms. The van der Waals surface area contributed by atoms with Crippen molar-refractivity contribution in [3.63, 3.8) is 0 Å². The molecular formula is C21H28N3O7PS. The lowest BCUT2D eigenvalue weighted by molar-refractivity contribution is 0.264. The van der Waals surface area contributed by atoms with Crippen LogP contribution in [0.5, 0.6) is 5.75 Å². The number of fused-ring (bicyclic) bond motifs is 1. The molecule has 1 aliphatic rings. The van der Waals surface area contributed by atoms with Crippen LogP contribution in [0.15, 0.2) is 59.6 Å². The Bertz CT molecular complexity index is 1240. The maximum Gasteiger partial charge on any atom is 0.466 e. The summed E-state index contributed by atoms with van der Waals surface area (Å²) < 4.78 is 42.0. The molecule has 0 unspecified atom stereocenters. The van der Waals surface area contributed by atoms with Crippen LogP contribution in [0.4, 0.5) is 5.69 Å². The van der Waals surface area contributed by atoms with E-state index in [1.54, 1.807) is 43.6 Å². The number of aromatic nitrogens is 1. The van der Waals surface area contributed by atoms with Gasteiger partial charge in [0.2, 0.25) is 0 Å². The van der Waals surface area contributed by atoms with Gasteiger partial charge in [-0.3, -0.25) is 0 Å². The van der Waals surface area contributed by atoms with Crippen molar-refractivity contribution < 1.29 is 32.4 Å². The van der Waals surface area contributed by atoms with Crippen LogP contribution in [0.1, 0.15) is 12.8 Å². The number of anilines is 1. The molecule has 0 atom stereocenters. The second kappa shape index (κ2) is 10.3. The minimum Gasteiger partial charge on any atom is -0.497 e. The number of ether oxygens (including phenoxy) is 1. The molecule has 4 N–H and O–H groups in total. The Balaban J connectivity index is 0.000000555. The van der Waals surface area contributed by atoms with Gasteiger partial charge >= 0.3 is 7.82 Å². The van der Waals surface area contributed by atoms with E-state index in [0.717, 1.165) is 37.0 Å². The first-order valence-corrected chi connectivity index (χ1v) is 13.2.